The minimum atomic E-state index is -0.192. The first-order chi connectivity index (χ1) is 9.81. The van der Waals surface area contributed by atoms with Gasteiger partial charge in [0.05, 0.1) is 12.1 Å². The van der Waals surface area contributed by atoms with E-state index in [0.717, 1.165) is 24.1 Å². The van der Waals surface area contributed by atoms with E-state index in [4.69, 9.17) is 4.74 Å². The second-order valence-corrected chi connectivity index (χ2v) is 6.67. The van der Waals surface area contributed by atoms with Crippen LogP contribution in [-0.4, -0.2) is 19.3 Å². The standard InChI is InChI=1S/C18H30FNO/c1-7-11-20-16(17(21-8-2)18(4,5)6)15-12-14(19)10-9-13(15)3/h9-10,12,16-17,20H,7-8,11H2,1-6H3. The lowest BCUT2D eigenvalue weighted by Crippen LogP contribution is -2.42. The lowest BCUT2D eigenvalue weighted by Gasteiger charge is -2.38. The molecule has 1 rings (SSSR count). The number of hydrogen-bond donors (Lipinski definition) is 1. The lowest BCUT2D eigenvalue weighted by atomic mass is 9.81. The molecular weight excluding hydrogens is 265 g/mol. The minimum Gasteiger partial charge on any atom is -0.376 e. The first-order valence-electron chi connectivity index (χ1n) is 7.92. The van der Waals surface area contributed by atoms with E-state index in [-0.39, 0.29) is 23.4 Å². The van der Waals surface area contributed by atoms with Crippen molar-refractivity contribution < 1.29 is 9.13 Å². The SMILES string of the molecule is CCCNC(c1cc(F)ccc1C)C(OCC)C(C)(C)C. The highest BCUT2D eigenvalue weighted by Crippen LogP contribution is 2.34. The molecule has 0 radical (unpaired) electrons. The van der Waals surface area contributed by atoms with E-state index >= 15 is 0 Å². The van der Waals surface area contributed by atoms with Gasteiger partial charge in [-0.1, -0.05) is 33.8 Å². The molecule has 3 heteroatoms. The second kappa shape index (κ2) is 7.90. The smallest absolute Gasteiger partial charge is 0.123 e. The molecule has 0 amide bonds. The Kier molecular flexibility index (Phi) is 6.82. The molecule has 1 aromatic carbocycles. The second-order valence-electron chi connectivity index (χ2n) is 6.67. The average Bonchev–Trinajstić information content (AvgIpc) is 2.40. The molecule has 0 heterocycles. The minimum absolute atomic E-state index is 0.000556. The fraction of sp³-hybridized carbons (Fsp3) is 0.667. The van der Waals surface area contributed by atoms with Gasteiger partial charge in [0.2, 0.25) is 0 Å². The Morgan fingerprint density at radius 2 is 1.90 bits per heavy atom. The summed E-state index contributed by atoms with van der Waals surface area (Å²) in [6.07, 6.45) is 1.03. The van der Waals surface area contributed by atoms with Crippen LogP contribution >= 0.6 is 0 Å². The molecule has 21 heavy (non-hydrogen) atoms. The summed E-state index contributed by atoms with van der Waals surface area (Å²) in [6, 6.07) is 5.00. The van der Waals surface area contributed by atoms with Crippen LogP contribution in [0.5, 0.6) is 0 Å². The fourth-order valence-electron chi connectivity index (χ4n) is 2.65. The monoisotopic (exact) mass is 295 g/mol. The number of hydrogen-bond acceptors (Lipinski definition) is 2. The highest BCUT2D eigenvalue weighted by atomic mass is 19.1. The van der Waals surface area contributed by atoms with E-state index in [1.54, 1.807) is 6.07 Å². The zero-order valence-electron chi connectivity index (χ0n) is 14.3. The van der Waals surface area contributed by atoms with Gasteiger partial charge < -0.3 is 10.1 Å². The van der Waals surface area contributed by atoms with Crippen LogP contribution < -0.4 is 5.32 Å². The Hall–Kier alpha value is -0.930. The molecule has 0 aromatic heterocycles. The molecule has 0 aliphatic rings. The molecule has 2 atom stereocenters. The van der Waals surface area contributed by atoms with Crippen LogP contribution in [0.3, 0.4) is 0 Å². The largest absolute Gasteiger partial charge is 0.376 e. The van der Waals surface area contributed by atoms with Crippen molar-refractivity contribution in [2.75, 3.05) is 13.2 Å². The van der Waals surface area contributed by atoms with Crippen LogP contribution in [0.2, 0.25) is 0 Å². The van der Waals surface area contributed by atoms with Crippen LogP contribution in [0.15, 0.2) is 18.2 Å². The van der Waals surface area contributed by atoms with Crippen LogP contribution in [-0.2, 0) is 4.74 Å². The predicted octanol–water partition coefficient (Wildman–Crippen LogP) is 4.63. The maximum atomic E-state index is 13.7. The first kappa shape index (κ1) is 18.1. The van der Waals surface area contributed by atoms with Crippen LogP contribution in [0.4, 0.5) is 4.39 Å². The lowest BCUT2D eigenvalue weighted by molar-refractivity contribution is -0.0367. The van der Waals surface area contributed by atoms with Gasteiger partial charge in [0.15, 0.2) is 0 Å². The Bertz CT molecular complexity index is 439. The van der Waals surface area contributed by atoms with E-state index in [1.807, 2.05) is 19.9 Å². The van der Waals surface area contributed by atoms with Gasteiger partial charge >= 0.3 is 0 Å². The summed E-state index contributed by atoms with van der Waals surface area (Å²) in [5, 5.41) is 3.55. The summed E-state index contributed by atoms with van der Waals surface area (Å²) < 4.78 is 19.7. The average molecular weight is 295 g/mol. The normalized spacial score (nSPS) is 15.0. The molecule has 0 aliphatic carbocycles. The molecule has 1 aromatic rings. The van der Waals surface area contributed by atoms with Crippen molar-refractivity contribution in [2.45, 2.75) is 60.1 Å². The fourth-order valence-corrected chi connectivity index (χ4v) is 2.65. The Morgan fingerprint density at radius 1 is 1.24 bits per heavy atom. The van der Waals surface area contributed by atoms with Gasteiger partial charge in [0, 0.05) is 6.61 Å². The topological polar surface area (TPSA) is 21.3 Å². The Labute approximate surface area is 129 Å². The predicted molar refractivity (Wildman–Crippen MR) is 87.0 cm³/mol. The molecule has 0 saturated carbocycles. The molecule has 2 nitrogen and oxygen atoms in total. The third kappa shape index (κ3) is 5.08. The van der Waals surface area contributed by atoms with Gasteiger partial charge in [-0.3, -0.25) is 0 Å². The number of halogens is 1. The van der Waals surface area contributed by atoms with Gasteiger partial charge in [-0.2, -0.15) is 0 Å². The molecule has 120 valence electrons. The van der Waals surface area contributed by atoms with Gasteiger partial charge in [0.1, 0.15) is 5.82 Å². The van der Waals surface area contributed by atoms with Crippen molar-refractivity contribution in [3.63, 3.8) is 0 Å². The van der Waals surface area contributed by atoms with E-state index in [0.29, 0.717) is 6.61 Å². The van der Waals surface area contributed by atoms with Crippen LogP contribution in [0, 0.1) is 18.2 Å². The summed E-state index contributed by atoms with van der Waals surface area (Å²) >= 11 is 0. The molecule has 0 fully saturated rings. The number of benzene rings is 1. The van der Waals surface area contributed by atoms with Crippen molar-refractivity contribution in [1.82, 2.24) is 5.32 Å². The summed E-state index contributed by atoms with van der Waals surface area (Å²) in [5.74, 6) is -0.192. The molecule has 2 unspecified atom stereocenters. The van der Waals surface area contributed by atoms with Gasteiger partial charge in [0.25, 0.3) is 0 Å². The van der Waals surface area contributed by atoms with E-state index in [2.05, 4.69) is 33.0 Å². The zero-order valence-corrected chi connectivity index (χ0v) is 14.3. The van der Waals surface area contributed by atoms with Crippen molar-refractivity contribution in [3.05, 3.63) is 35.1 Å². The number of rotatable bonds is 7. The summed E-state index contributed by atoms with van der Waals surface area (Å²) in [5.41, 5.74) is 2.07. The van der Waals surface area contributed by atoms with Crippen molar-refractivity contribution in [2.24, 2.45) is 5.41 Å². The first-order valence-corrected chi connectivity index (χ1v) is 7.92. The molecule has 0 bridgehead atoms. The molecular formula is C18H30FNO. The maximum absolute atomic E-state index is 13.7. The zero-order chi connectivity index (χ0) is 16.0. The third-order valence-electron chi connectivity index (χ3n) is 3.69. The third-order valence-corrected chi connectivity index (χ3v) is 3.69. The van der Waals surface area contributed by atoms with Gasteiger partial charge in [-0.15, -0.1) is 0 Å². The molecule has 1 N–H and O–H groups in total. The van der Waals surface area contributed by atoms with Crippen molar-refractivity contribution >= 4 is 0 Å². The number of aryl methyl sites for hydroxylation is 1. The highest BCUT2D eigenvalue weighted by Gasteiger charge is 2.34. The molecule has 0 saturated heterocycles. The van der Waals surface area contributed by atoms with Gasteiger partial charge in [-0.25, -0.2) is 4.39 Å². The number of ether oxygens (including phenoxy) is 1. The van der Waals surface area contributed by atoms with E-state index < -0.39 is 0 Å². The molecule has 0 spiro atoms. The van der Waals surface area contributed by atoms with Crippen LogP contribution in [0.1, 0.15) is 58.2 Å². The van der Waals surface area contributed by atoms with Crippen molar-refractivity contribution in [1.29, 1.82) is 0 Å². The Balaban J connectivity index is 3.22. The van der Waals surface area contributed by atoms with Crippen LogP contribution in [0.25, 0.3) is 0 Å². The highest BCUT2D eigenvalue weighted by molar-refractivity contribution is 5.31. The van der Waals surface area contributed by atoms with Crippen molar-refractivity contribution in [3.8, 4) is 0 Å². The van der Waals surface area contributed by atoms with E-state index in [9.17, 15) is 4.39 Å². The van der Waals surface area contributed by atoms with E-state index in [1.165, 1.54) is 6.07 Å². The Morgan fingerprint density at radius 3 is 2.43 bits per heavy atom. The number of nitrogens with one attached hydrogen (secondary N) is 1. The molecule has 0 aliphatic heterocycles. The summed E-state index contributed by atoms with van der Waals surface area (Å²) in [4.78, 5) is 0. The quantitative estimate of drug-likeness (QED) is 0.792. The maximum Gasteiger partial charge on any atom is 0.123 e. The summed E-state index contributed by atoms with van der Waals surface area (Å²) in [7, 11) is 0. The van der Waals surface area contributed by atoms with Gasteiger partial charge in [-0.05, 0) is 55.5 Å². The summed E-state index contributed by atoms with van der Waals surface area (Å²) in [6.45, 7) is 14.2.